The molecule has 1 unspecified atom stereocenters. The predicted octanol–water partition coefficient (Wildman–Crippen LogP) is 2.60. The molecule has 1 rings (SSSR count). The molecule has 1 aromatic heterocycles. The summed E-state index contributed by atoms with van der Waals surface area (Å²) in [6.45, 7) is 4.19. The van der Waals surface area contributed by atoms with Crippen LogP contribution in [0, 0.1) is 6.92 Å². The second-order valence-electron chi connectivity index (χ2n) is 4.61. The van der Waals surface area contributed by atoms with Crippen LogP contribution in [0.2, 0.25) is 0 Å². The molecule has 0 saturated heterocycles. The molecule has 1 atom stereocenters. The lowest BCUT2D eigenvalue weighted by Crippen LogP contribution is -2.13. The van der Waals surface area contributed by atoms with Gasteiger partial charge in [-0.15, -0.1) is 0 Å². The van der Waals surface area contributed by atoms with Crippen LogP contribution in [0.4, 0.5) is 0 Å². The van der Waals surface area contributed by atoms with Crippen LogP contribution < -0.4 is 0 Å². The molecule has 0 amide bonds. The average molecular weight is 224 g/mol. The van der Waals surface area contributed by atoms with Gasteiger partial charge < -0.3 is 5.11 Å². The van der Waals surface area contributed by atoms with E-state index in [0.717, 1.165) is 30.7 Å². The van der Waals surface area contributed by atoms with Crippen molar-refractivity contribution in [1.29, 1.82) is 0 Å². The third kappa shape index (κ3) is 4.35. The van der Waals surface area contributed by atoms with Crippen LogP contribution in [0.5, 0.6) is 0 Å². The Morgan fingerprint density at radius 1 is 1.38 bits per heavy atom. The number of rotatable bonds is 7. The first-order chi connectivity index (χ1) is 7.63. The normalized spacial score (nSPS) is 13.0. The number of hydrogen-bond donors (Lipinski definition) is 1. The fourth-order valence-electron chi connectivity index (χ4n) is 2.01. The quantitative estimate of drug-likeness (QED) is 0.723. The summed E-state index contributed by atoms with van der Waals surface area (Å²) in [5, 5.41) is 14.2. The number of hydrogen-bond acceptors (Lipinski definition) is 2. The van der Waals surface area contributed by atoms with Crippen LogP contribution >= 0.6 is 0 Å². The van der Waals surface area contributed by atoms with E-state index >= 15 is 0 Å². The summed E-state index contributed by atoms with van der Waals surface area (Å²) < 4.78 is 1.87. The van der Waals surface area contributed by atoms with E-state index in [-0.39, 0.29) is 6.10 Å². The molecule has 3 heteroatoms. The van der Waals surface area contributed by atoms with Crippen molar-refractivity contribution in [2.75, 3.05) is 0 Å². The van der Waals surface area contributed by atoms with Crippen LogP contribution in [-0.4, -0.2) is 21.0 Å². The lowest BCUT2D eigenvalue weighted by Gasteiger charge is -2.10. The number of nitrogens with zero attached hydrogens (tertiary/aromatic N) is 2. The van der Waals surface area contributed by atoms with E-state index < -0.39 is 0 Å². The minimum atomic E-state index is -0.216. The summed E-state index contributed by atoms with van der Waals surface area (Å²) in [4.78, 5) is 0. The topological polar surface area (TPSA) is 38.1 Å². The summed E-state index contributed by atoms with van der Waals surface area (Å²) in [5.41, 5.74) is 2.15. The van der Waals surface area contributed by atoms with E-state index in [2.05, 4.69) is 18.1 Å². The minimum Gasteiger partial charge on any atom is -0.393 e. The molecule has 92 valence electrons. The molecular weight excluding hydrogens is 200 g/mol. The molecule has 0 radical (unpaired) electrons. The van der Waals surface area contributed by atoms with Crippen LogP contribution in [0.3, 0.4) is 0 Å². The van der Waals surface area contributed by atoms with Gasteiger partial charge in [-0.25, -0.2) is 0 Å². The van der Waals surface area contributed by atoms with Crippen LogP contribution in [0.15, 0.2) is 6.07 Å². The van der Waals surface area contributed by atoms with Crippen molar-refractivity contribution in [1.82, 2.24) is 9.78 Å². The van der Waals surface area contributed by atoms with Gasteiger partial charge in [0.15, 0.2) is 0 Å². The number of aromatic nitrogens is 2. The van der Waals surface area contributed by atoms with E-state index in [1.165, 1.54) is 19.3 Å². The minimum absolute atomic E-state index is 0.216. The van der Waals surface area contributed by atoms with Crippen molar-refractivity contribution in [3.05, 3.63) is 17.5 Å². The van der Waals surface area contributed by atoms with E-state index in [1.807, 2.05) is 18.7 Å². The molecule has 0 aromatic carbocycles. The molecule has 1 aromatic rings. The molecule has 0 aliphatic carbocycles. The molecule has 0 spiro atoms. The summed E-state index contributed by atoms with van der Waals surface area (Å²) in [5.74, 6) is 0. The Bertz CT molecular complexity index is 307. The third-order valence-corrected chi connectivity index (χ3v) is 2.93. The summed E-state index contributed by atoms with van der Waals surface area (Å²) >= 11 is 0. The Kier molecular flexibility index (Phi) is 5.53. The van der Waals surface area contributed by atoms with Crippen LogP contribution in [0.1, 0.15) is 50.4 Å². The lowest BCUT2D eigenvalue weighted by atomic mass is 10.1. The molecule has 3 nitrogen and oxygen atoms in total. The number of aliphatic hydroxyl groups is 1. The van der Waals surface area contributed by atoms with E-state index in [1.54, 1.807) is 0 Å². The maximum atomic E-state index is 9.89. The second kappa shape index (κ2) is 6.69. The second-order valence-corrected chi connectivity index (χ2v) is 4.61. The van der Waals surface area contributed by atoms with Crippen molar-refractivity contribution in [3.8, 4) is 0 Å². The molecule has 0 aliphatic heterocycles. The molecule has 16 heavy (non-hydrogen) atoms. The highest BCUT2D eigenvalue weighted by atomic mass is 16.3. The van der Waals surface area contributed by atoms with E-state index in [9.17, 15) is 5.11 Å². The van der Waals surface area contributed by atoms with E-state index in [0.29, 0.717) is 0 Å². The van der Waals surface area contributed by atoms with Crippen molar-refractivity contribution >= 4 is 0 Å². The fraction of sp³-hybridized carbons (Fsp3) is 0.769. The highest BCUT2D eigenvalue weighted by molar-refractivity contribution is 5.09. The first-order valence-electron chi connectivity index (χ1n) is 6.31. The molecule has 0 bridgehead atoms. The summed E-state index contributed by atoms with van der Waals surface area (Å²) in [6.07, 6.45) is 6.30. The van der Waals surface area contributed by atoms with Crippen molar-refractivity contribution in [2.24, 2.45) is 7.05 Å². The highest BCUT2D eigenvalue weighted by Crippen LogP contribution is 2.11. The van der Waals surface area contributed by atoms with Crippen molar-refractivity contribution in [2.45, 2.75) is 58.5 Å². The maximum Gasteiger partial charge on any atom is 0.0596 e. The molecule has 1 N–H and O–H groups in total. The van der Waals surface area contributed by atoms with Gasteiger partial charge in [0, 0.05) is 19.2 Å². The van der Waals surface area contributed by atoms with Gasteiger partial charge in [0.1, 0.15) is 0 Å². The van der Waals surface area contributed by atoms with Crippen LogP contribution in [-0.2, 0) is 13.5 Å². The third-order valence-electron chi connectivity index (χ3n) is 2.93. The first-order valence-corrected chi connectivity index (χ1v) is 6.31. The van der Waals surface area contributed by atoms with Crippen LogP contribution in [0.25, 0.3) is 0 Å². The van der Waals surface area contributed by atoms with Crippen molar-refractivity contribution in [3.63, 3.8) is 0 Å². The first kappa shape index (κ1) is 13.2. The predicted molar refractivity (Wildman–Crippen MR) is 66.4 cm³/mol. The zero-order valence-corrected chi connectivity index (χ0v) is 10.7. The highest BCUT2D eigenvalue weighted by Gasteiger charge is 2.09. The smallest absolute Gasteiger partial charge is 0.0596 e. The Labute approximate surface area is 98.5 Å². The van der Waals surface area contributed by atoms with Gasteiger partial charge in [-0.05, 0) is 19.4 Å². The van der Waals surface area contributed by atoms with Gasteiger partial charge in [-0.2, -0.15) is 5.10 Å². The average Bonchev–Trinajstić information content (AvgIpc) is 2.52. The monoisotopic (exact) mass is 224 g/mol. The summed E-state index contributed by atoms with van der Waals surface area (Å²) in [7, 11) is 1.94. The lowest BCUT2D eigenvalue weighted by molar-refractivity contribution is 0.158. The Balaban J connectivity index is 2.28. The van der Waals surface area contributed by atoms with Gasteiger partial charge in [0.05, 0.1) is 11.8 Å². The number of aryl methyl sites for hydroxylation is 2. The van der Waals surface area contributed by atoms with Gasteiger partial charge in [0.2, 0.25) is 0 Å². The van der Waals surface area contributed by atoms with Gasteiger partial charge in [-0.1, -0.05) is 32.6 Å². The largest absolute Gasteiger partial charge is 0.393 e. The SMILES string of the molecule is CCCCCCC(O)Cc1cc(C)nn1C. The molecule has 0 aliphatic rings. The fourth-order valence-corrected chi connectivity index (χ4v) is 2.01. The Hall–Kier alpha value is -0.830. The molecule has 1 heterocycles. The Morgan fingerprint density at radius 2 is 2.12 bits per heavy atom. The standard InChI is InChI=1S/C13H24N2O/c1-4-5-6-7-8-13(16)10-12-9-11(2)14-15(12)3/h9,13,16H,4-8,10H2,1-3H3. The van der Waals surface area contributed by atoms with Gasteiger partial charge in [0.25, 0.3) is 0 Å². The van der Waals surface area contributed by atoms with Gasteiger partial charge >= 0.3 is 0 Å². The number of unbranched alkanes of at least 4 members (excludes halogenated alkanes) is 3. The maximum absolute atomic E-state index is 9.89. The summed E-state index contributed by atoms with van der Waals surface area (Å²) in [6, 6.07) is 2.05. The van der Waals surface area contributed by atoms with E-state index in [4.69, 9.17) is 0 Å². The zero-order valence-electron chi connectivity index (χ0n) is 10.7. The molecule has 0 saturated carbocycles. The Morgan fingerprint density at radius 3 is 2.69 bits per heavy atom. The molecular formula is C13H24N2O. The van der Waals surface area contributed by atoms with Gasteiger partial charge in [-0.3, -0.25) is 4.68 Å². The zero-order chi connectivity index (χ0) is 12.0. The number of aliphatic hydroxyl groups excluding tert-OH is 1. The molecule has 0 fully saturated rings. The van der Waals surface area contributed by atoms with Crippen molar-refractivity contribution < 1.29 is 5.11 Å².